The lowest BCUT2D eigenvalue weighted by Gasteiger charge is -2.25. The van der Waals surface area contributed by atoms with Crippen molar-refractivity contribution in [1.82, 2.24) is 25.3 Å². The Morgan fingerprint density at radius 3 is 2.71 bits per heavy atom. The Morgan fingerprint density at radius 1 is 1.05 bits per heavy atom. The van der Waals surface area contributed by atoms with Gasteiger partial charge in [0.05, 0.1) is 50.2 Å². The van der Waals surface area contributed by atoms with Gasteiger partial charge in [-0.3, -0.25) is 19.5 Å². The predicted molar refractivity (Wildman–Crippen MR) is 152 cm³/mol. The molecule has 41 heavy (non-hydrogen) atoms. The molecule has 1 saturated heterocycles. The number of aromatic nitrogens is 2. The summed E-state index contributed by atoms with van der Waals surface area (Å²) in [6, 6.07) is 13.3. The summed E-state index contributed by atoms with van der Waals surface area (Å²) in [5.74, 6) is 0.329. The van der Waals surface area contributed by atoms with Crippen LogP contribution in [0.15, 0.2) is 42.5 Å². The van der Waals surface area contributed by atoms with Crippen molar-refractivity contribution < 1.29 is 28.6 Å². The molecule has 2 aliphatic heterocycles. The fourth-order valence-corrected chi connectivity index (χ4v) is 5.65. The minimum Gasteiger partial charge on any atom is -0.493 e. The number of methoxy groups -OCH3 is 2. The van der Waals surface area contributed by atoms with E-state index >= 15 is 0 Å². The number of para-hydroxylation sites is 1. The highest BCUT2D eigenvalue weighted by Gasteiger charge is 2.40. The molecule has 0 saturated carbocycles. The lowest BCUT2D eigenvalue weighted by atomic mass is 9.88. The summed E-state index contributed by atoms with van der Waals surface area (Å²) in [4.78, 5) is 43.1. The number of amides is 3. The first-order valence-electron chi connectivity index (χ1n) is 14.0. The first-order chi connectivity index (χ1) is 20.0. The van der Waals surface area contributed by atoms with Gasteiger partial charge in [0, 0.05) is 44.6 Å². The van der Waals surface area contributed by atoms with Crippen molar-refractivity contribution in [2.24, 2.45) is 5.92 Å². The Kier molecular flexibility index (Phi) is 9.03. The Hall–Kier alpha value is -4.12. The molecule has 11 heteroatoms. The maximum atomic E-state index is 13.4. The van der Waals surface area contributed by atoms with Crippen molar-refractivity contribution in [1.29, 1.82) is 0 Å². The number of ether oxygens (including phenoxy) is 3. The van der Waals surface area contributed by atoms with Gasteiger partial charge < -0.3 is 29.3 Å². The van der Waals surface area contributed by atoms with Crippen LogP contribution in [0, 0.1) is 5.92 Å². The van der Waals surface area contributed by atoms with Gasteiger partial charge in [0.1, 0.15) is 6.61 Å². The number of carbonyl (C=O) groups excluding carboxylic acids is 3. The van der Waals surface area contributed by atoms with Crippen LogP contribution in [0.2, 0.25) is 0 Å². The smallest absolute Gasteiger partial charge is 0.228 e. The highest BCUT2D eigenvalue weighted by molar-refractivity contribution is 5.87. The average molecular weight is 564 g/mol. The Labute approximate surface area is 239 Å². The molecule has 0 spiro atoms. The van der Waals surface area contributed by atoms with Crippen LogP contribution in [0.4, 0.5) is 0 Å². The van der Waals surface area contributed by atoms with Crippen molar-refractivity contribution in [2.45, 2.75) is 25.2 Å². The van der Waals surface area contributed by atoms with E-state index in [0.717, 1.165) is 22.2 Å². The molecule has 2 atom stereocenters. The van der Waals surface area contributed by atoms with Gasteiger partial charge in [0.25, 0.3) is 0 Å². The number of likely N-dealkylation sites (tertiary alicyclic amines) is 1. The molecule has 11 nitrogen and oxygen atoms in total. The topological polar surface area (TPSA) is 126 Å². The number of aromatic amines is 1. The van der Waals surface area contributed by atoms with Crippen LogP contribution in [-0.2, 0) is 25.5 Å². The zero-order chi connectivity index (χ0) is 28.8. The van der Waals surface area contributed by atoms with Gasteiger partial charge in [-0.25, -0.2) is 0 Å². The van der Waals surface area contributed by atoms with E-state index < -0.39 is 5.92 Å². The number of rotatable bonds is 6. The highest BCUT2D eigenvalue weighted by Crippen LogP contribution is 2.38. The summed E-state index contributed by atoms with van der Waals surface area (Å²) in [7, 11) is 3.14. The van der Waals surface area contributed by atoms with Crippen LogP contribution in [0.1, 0.15) is 30.0 Å². The molecule has 2 aliphatic rings. The molecule has 5 rings (SSSR count). The van der Waals surface area contributed by atoms with Crippen molar-refractivity contribution in [3.05, 3.63) is 53.7 Å². The van der Waals surface area contributed by atoms with E-state index in [0.29, 0.717) is 57.3 Å². The largest absolute Gasteiger partial charge is 0.493 e. The summed E-state index contributed by atoms with van der Waals surface area (Å²) in [6.07, 6.45) is 1.04. The molecule has 2 N–H and O–H groups in total. The fourth-order valence-electron chi connectivity index (χ4n) is 5.65. The standard InChI is InChI=1S/C30H37N5O6/c1-39-14-10-28(36)35-18-22-20-8-9-26(40-2)27(16-20)41-15-13-34(12-5-11-31-30(38)23(22)19-35)29(37)17-25-21-6-3-4-7-24(21)32-33-25/h3-4,6-9,16,22-23H,5,10-15,17-19H2,1-2H3,(H,31,38)(H,32,33)/t22-,23+/m1/s1. The van der Waals surface area contributed by atoms with E-state index in [4.69, 9.17) is 14.2 Å². The first-order valence-corrected chi connectivity index (χ1v) is 14.0. The van der Waals surface area contributed by atoms with Crippen LogP contribution >= 0.6 is 0 Å². The normalized spacial score (nSPS) is 19.7. The van der Waals surface area contributed by atoms with E-state index in [9.17, 15) is 14.4 Å². The summed E-state index contributed by atoms with van der Waals surface area (Å²) in [6.45, 7) is 2.65. The maximum absolute atomic E-state index is 13.4. The quantitative estimate of drug-likeness (QED) is 0.471. The van der Waals surface area contributed by atoms with Crippen LogP contribution in [0.5, 0.6) is 11.5 Å². The number of nitrogens with zero attached hydrogens (tertiary/aromatic N) is 3. The maximum Gasteiger partial charge on any atom is 0.228 e. The van der Waals surface area contributed by atoms with Crippen LogP contribution in [0.3, 0.4) is 0 Å². The van der Waals surface area contributed by atoms with E-state index in [1.165, 1.54) is 0 Å². The second-order valence-corrected chi connectivity index (χ2v) is 10.4. The van der Waals surface area contributed by atoms with Crippen molar-refractivity contribution >= 4 is 28.6 Å². The second kappa shape index (κ2) is 13.0. The highest BCUT2D eigenvalue weighted by atomic mass is 16.5. The molecule has 3 heterocycles. The monoisotopic (exact) mass is 563 g/mol. The molecular formula is C30H37N5O6. The molecule has 1 fully saturated rings. The molecule has 0 radical (unpaired) electrons. The van der Waals surface area contributed by atoms with E-state index in [1.54, 1.807) is 24.0 Å². The lowest BCUT2D eigenvalue weighted by Crippen LogP contribution is -2.40. The third-order valence-corrected chi connectivity index (χ3v) is 7.89. The minimum atomic E-state index is -0.405. The zero-order valence-electron chi connectivity index (χ0n) is 23.6. The van der Waals surface area contributed by atoms with Gasteiger partial charge in [0.2, 0.25) is 17.7 Å². The molecule has 3 aromatic rings. The lowest BCUT2D eigenvalue weighted by molar-refractivity contribution is -0.132. The summed E-state index contributed by atoms with van der Waals surface area (Å²) in [5, 5.41) is 11.3. The summed E-state index contributed by atoms with van der Waals surface area (Å²) >= 11 is 0. The Bertz CT molecular complexity index is 1390. The van der Waals surface area contributed by atoms with E-state index in [-0.39, 0.29) is 43.1 Å². The summed E-state index contributed by atoms with van der Waals surface area (Å²) in [5.41, 5.74) is 2.49. The van der Waals surface area contributed by atoms with Gasteiger partial charge in [-0.1, -0.05) is 24.3 Å². The van der Waals surface area contributed by atoms with E-state index in [2.05, 4.69) is 15.5 Å². The third-order valence-electron chi connectivity index (χ3n) is 7.89. The minimum absolute atomic E-state index is 0.0331. The number of nitrogens with one attached hydrogen (secondary N) is 2. The number of benzene rings is 2. The number of fused-ring (bicyclic) bond motifs is 5. The van der Waals surface area contributed by atoms with Crippen molar-refractivity contribution in [3.8, 4) is 11.5 Å². The molecule has 2 aromatic carbocycles. The van der Waals surface area contributed by atoms with Crippen LogP contribution in [0.25, 0.3) is 10.9 Å². The number of hydrogen-bond donors (Lipinski definition) is 2. The summed E-state index contributed by atoms with van der Waals surface area (Å²) < 4.78 is 16.8. The molecule has 2 bridgehead atoms. The zero-order valence-corrected chi connectivity index (χ0v) is 23.6. The van der Waals surface area contributed by atoms with Gasteiger partial charge >= 0.3 is 0 Å². The molecular weight excluding hydrogens is 526 g/mol. The number of hydrogen-bond acceptors (Lipinski definition) is 7. The SMILES string of the molecule is COCCC(=O)N1C[C@@H]2C(=O)NCCCN(C(=O)Cc3[nH]nc4ccccc34)CCOc3cc(ccc3OC)[C@H]2C1. The van der Waals surface area contributed by atoms with Gasteiger partial charge in [-0.05, 0) is 30.2 Å². The fraction of sp³-hybridized carbons (Fsp3) is 0.467. The van der Waals surface area contributed by atoms with E-state index in [1.807, 2.05) is 42.5 Å². The van der Waals surface area contributed by atoms with Gasteiger partial charge in [-0.15, -0.1) is 0 Å². The van der Waals surface area contributed by atoms with Crippen molar-refractivity contribution in [2.75, 3.05) is 60.2 Å². The van der Waals surface area contributed by atoms with Crippen LogP contribution < -0.4 is 14.8 Å². The van der Waals surface area contributed by atoms with Gasteiger partial charge in [-0.2, -0.15) is 5.10 Å². The molecule has 0 aliphatic carbocycles. The molecule has 0 unspecified atom stereocenters. The molecule has 218 valence electrons. The van der Waals surface area contributed by atoms with Crippen LogP contribution in [-0.4, -0.2) is 97.9 Å². The average Bonchev–Trinajstić information content (AvgIpc) is 3.62. The molecule has 1 aromatic heterocycles. The first kappa shape index (κ1) is 28.4. The number of carbonyl (C=O) groups is 3. The second-order valence-electron chi connectivity index (χ2n) is 10.4. The Morgan fingerprint density at radius 2 is 1.88 bits per heavy atom. The Balaban J connectivity index is 1.35. The molecule has 3 amide bonds. The predicted octanol–water partition coefficient (Wildman–Crippen LogP) is 2.12. The van der Waals surface area contributed by atoms with Gasteiger partial charge in [0.15, 0.2) is 11.5 Å². The third kappa shape index (κ3) is 6.45. The number of H-pyrrole nitrogens is 1. The van der Waals surface area contributed by atoms with Crippen molar-refractivity contribution in [3.63, 3.8) is 0 Å².